The SMILES string of the molecule is CCCCC[C@H]1CC[C@H](CCc2ccc(CC(F)[C@H]3CC[C@H](CCC)CC3)nn2)CC1. The second kappa shape index (κ2) is 13.5. The summed E-state index contributed by atoms with van der Waals surface area (Å²) < 4.78 is 14.8. The Hall–Kier alpha value is -0.990. The van der Waals surface area contributed by atoms with E-state index >= 15 is 0 Å². The van der Waals surface area contributed by atoms with Gasteiger partial charge in [-0.15, -0.1) is 0 Å². The van der Waals surface area contributed by atoms with Crippen molar-refractivity contribution in [2.24, 2.45) is 23.7 Å². The van der Waals surface area contributed by atoms with Gasteiger partial charge in [0, 0.05) is 6.42 Å². The van der Waals surface area contributed by atoms with Crippen LogP contribution in [0.4, 0.5) is 4.39 Å². The Morgan fingerprint density at radius 2 is 1.32 bits per heavy atom. The van der Waals surface area contributed by atoms with Crippen LogP contribution in [0.1, 0.15) is 122 Å². The molecule has 0 radical (unpaired) electrons. The summed E-state index contributed by atoms with van der Waals surface area (Å²) in [5.41, 5.74) is 1.92. The molecule has 1 atom stereocenters. The Balaban J connectivity index is 1.33. The van der Waals surface area contributed by atoms with Crippen molar-refractivity contribution >= 4 is 0 Å². The average Bonchev–Trinajstić information content (AvgIpc) is 2.80. The summed E-state index contributed by atoms with van der Waals surface area (Å²) in [7, 11) is 0. The maximum Gasteiger partial charge on any atom is 0.108 e. The van der Waals surface area contributed by atoms with Crippen LogP contribution in [0, 0.1) is 23.7 Å². The molecule has 31 heavy (non-hydrogen) atoms. The van der Waals surface area contributed by atoms with Crippen LogP contribution >= 0.6 is 0 Å². The highest BCUT2D eigenvalue weighted by molar-refractivity contribution is 5.08. The lowest BCUT2D eigenvalue weighted by Gasteiger charge is -2.30. The fraction of sp³-hybridized carbons (Fsp3) is 0.857. The first-order chi connectivity index (χ1) is 15.2. The summed E-state index contributed by atoms with van der Waals surface area (Å²) in [6, 6.07) is 4.13. The third-order valence-corrected chi connectivity index (χ3v) is 8.27. The standard InChI is InChI=1S/C28H47FN2/c1-3-5-6-8-23-9-11-24(12-10-23)15-18-26-19-20-27(31-30-26)21-28(29)25-16-13-22(7-4-2)14-17-25/h19-20,22-25,28H,3-18,21H2,1-2H3/t22-,23-,24-,25-,28?. The van der Waals surface area contributed by atoms with E-state index in [1.807, 2.05) is 6.07 Å². The molecule has 0 saturated heterocycles. The molecule has 0 N–H and O–H groups in total. The molecule has 3 heteroatoms. The zero-order valence-corrected chi connectivity index (χ0v) is 20.3. The van der Waals surface area contributed by atoms with Gasteiger partial charge in [0.15, 0.2) is 0 Å². The van der Waals surface area contributed by atoms with E-state index in [2.05, 4.69) is 30.1 Å². The first kappa shape index (κ1) is 24.6. The summed E-state index contributed by atoms with van der Waals surface area (Å²) in [5, 5.41) is 8.83. The predicted octanol–water partition coefficient (Wildman–Crippen LogP) is 8.28. The molecule has 0 bridgehead atoms. The number of alkyl halides is 1. The first-order valence-electron chi connectivity index (χ1n) is 13.6. The number of nitrogens with zero attached hydrogens (tertiary/aromatic N) is 2. The van der Waals surface area contributed by atoms with Crippen molar-refractivity contribution in [3.63, 3.8) is 0 Å². The van der Waals surface area contributed by atoms with E-state index in [9.17, 15) is 4.39 Å². The van der Waals surface area contributed by atoms with Gasteiger partial charge >= 0.3 is 0 Å². The minimum Gasteiger partial charge on any atom is -0.247 e. The molecule has 2 aliphatic rings. The van der Waals surface area contributed by atoms with Crippen LogP contribution in [0.2, 0.25) is 0 Å². The van der Waals surface area contributed by atoms with Crippen molar-refractivity contribution < 1.29 is 4.39 Å². The van der Waals surface area contributed by atoms with Crippen molar-refractivity contribution in [3.05, 3.63) is 23.5 Å². The molecule has 2 nitrogen and oxygen atoms in total. The Morgan fingerprint density at radius 1 is 0.742 bits per heavy atom. The predicted molar refractivity (Wildman–Crippen MR) is 129 cm³/mol. The van der Waals surface area contributed by atoms with Gasteiger partial charge in [-0.05, 0) is 61.5 Å². The van der Waals surface area contributed by atoms with Gasteiger partial charge in [0.2, 0.25) is 0 Å². The highest BCUT2D eigenvalue weighted by Gasteiger charge is 2.27. The monoisotopic (exact) mass is 430 g/mol. The van der Waals surface area contributed by atoms with Gasteiger partial charge in [0.1, 0.15) is 6.17 Å². The normalized spacial score (nSPS) is 27.8. The van der Waals surface area contributed by atoms with E-state index < -0.39 is 6.17 Å². The van der Waals surface area contributed by atoms with Crippen LogP contribution in [0.5, 0.6) is 0 Å². The molecule has 3 rings (SSSR count). The van der Waals surface area contributed by atoms with E-state index in [1.165, 1.54) is 83.5 Å². The lowest BCUT2D eigenvalue weighted by Crippen LogP contribution is -2.25. The summed E-state index contributed by atoms with van der Waals surface area (Å²) in [6.45, 7) is 4.55. The number of halogens is 1. The molecule has 1 aromatic rings. The molecule has 1 heterocycles. The molecule has 1 unspecified atom stereocenters. The van der Waals surface area contributed by atoms with Crippen LogP contribution in [0.15, 0.2) is 12.1 Å². The fourth-order valence-electron chi connectivity index (χ4n) is 6.09. The lowest BCUT2D eigenvalue weighted by atomic mass is 9.77. The van der Waals surface area contributed by atoms with Gasteiger partial charge in [-0.1, -0.05) is 90.9 Å². The van der Waals surface area contributed by atoms with Crippen LogP contribution < -0.4 is 0 Å². The fourth-order valence-corrected chi connectivity index (χ4v) is 6.09. The van der Waals surface area contributed by atoms with Crippen molar-refractivity contribution in [1.82, 2.24) is 10.2 Å². The maximum absolute atomic E-state index is 14.8. The summed E-state index contributed by atoms with van der Waals surface area (Å²) >= 11 is 0. The summed E-state index contributed by atoms with van der Waals surface area (Å²) in [5.74, 6) is 2.91. The van der Waals surface area contributed by atoms with Gasteiger partial charge in [-0.2, -0.15) is 10.2 Å². The lowest BCUT2D eigenvalue weighted by molar-refractivity contribution is 0.151. The molecule has 1 aromatic heterocycles. The first-order valence-corrected chi connectivity index (χ1v) is 13.6. The van der Waals surface area contributed by atoms with Crippen molar-refractivity contribution in [2.45, 2.75) is 129 Å². The van der Waals surface area contributed by atoms with Crippen LogP contribution in [-0.2, 0) is 12.8 Å². The van der Waals surface area contributed by atoms with Crippen molar-refractivity contribution in [2.75, 3.05) is 0 Å². The van der Waals surface area contributed by atoms with E-state index in [1.54, 1.807) is 0 Å². The Kier molecular flexibility index (Phi) is 10.8. The van der Waals surface area contributed by atoms with Gasteiger partial charge in [0.05, 0.1) is 11.4 Å². The molecule has 2 aliphatic carbocycles. The number of hydrogen-bond donors (Lipinski definition) is 0. The molecular formula is C28H47FN2. The highest BCUT2D eigenvalue weighted by atomic mass is 19.1. The van der Waals surface area contributed by atoms with Gasteiger partial charge in [0.25, 0.3) is 0 Å². The van der Waals surface area contributed by atoms with E-state index in [0.29, 0.717) is 6.42 Å². The Morgan fingerprint density at radius 3 is 1.94 bits per heavy atom. The van der Waals surface area contributed by atoms with E-state index in [4.69, 9.17) is 0 Å². The van der Waals surface area contributed by atoms with E-state index in [-0.39, 0.29) is 5.92 Å². The molecule has 0 aromatic carbocycles. The van der Waals surface area contributed by atoms with E-state index in [0.717, 1.165) is 48.4 Å². The Labute approximate surface area is 191 Å². The second-order valence-electron chi connectivity index (χ2n) is 10.7. The molecular weight excluding hydrogens is 383 g/mol. The minimum atomic E-state index is -0.754. The maximum atomic E-state index is 14.8. The smallest absolute Gasteiger partial charge is 0.108 e. The van der Waals surface area contributed by atoms with Gasteiger partial charge in [-0.25, -0.2) is 4.39 Å². The second-order valence-corrected chi connectivity index (χ2v) is 10.7. The Bertz CT molecular complexity index is 586. The molecule has 0 aliphatic heterocycles. The largest absolute Gasteiger partial charge is 0.247 e. The average molecular weight is 431 g/mol. The van der Waals surface area contributed by atoms with Crippen molar-refractivity contribution in [3.8, 4) is 0 Å². The number of aromatic nitrogens is 2. The minimum absolute atomic E-state index is 0.228. The quantitative estimate of drug-likeness (QED) is 0.312. The van der Waals surface area contributed by atoms with Crippen LogP contribution in [0.25, 0.3) is 0 Å². The molecule has 176 valence electrons. The van der Waals surface area contributed by atoms with Crippen LogP contribution in [0.3, 0.4) is 0 Å². The topological polar surface area (TPSA) is 25.8 Å². The summed E-state index contributed by atoms with van der Waals surface area (Å²) in [6.07, 6.45) is 20.3. The highest BCUT2D eigenvalue weighted by Crippen LogP contribution is 2.36. The number of aryl methyl sites for hydroxylation is 1. The molecule has 2 saturated carbocycles. The zero-order valence-electron chi connectivity index (χ0n) is 20.3. The third-order valence-electron chi connectivity index (χ3n) is 8.27. The third kappa shape index (κ3) is 8.46. The zero-order chi connectivity index (χ0) is 21.9. The van der Waals surface area contributed by atoms with Gasteiger partial charge in [-0.3, -0.25) is 0 Å². The molecule has 0 amide bonds. The van der Waals surface area contributed by atoms with Gasteiger partial charge < -0.3 is 0 Å². The van der Waals surface area contributed by atoms with Crippen molar-refractivity contribution in [1.29, 1.82) is 0 Å². The molecule has 0 spiro atoms. The number of rotatable bonds is 12. The van der Waals surface area contributed by atoms with Crippen LogP contribution in [-0.4, -0.2) is 16.4 Å². The molecule has 2 fully saturated rings. The number of unbranched alkanes of at least 4 members (excludes halogenated alkanes) is 2. The number of hydrogen-bond acceptors (Lipinski definition) is 2. The summed E-state index contributed by atoms with van der Waals surface area (Å²) in [4.78, 5) is 0.